The Morgan fingerprint density at radius 2 is 2.00 bits per heavy atom. The summed E-state index contributed by atoms with van der Waals surface area (Å²) >= 11 is 0. The van der Waals surface area contributed by atoms with Crippen LogP contribution in [0.15, 0.2) is 24.3 Å². The van der Waals surface area contributed by atoms with Crippen molar-refractivity contribution in [2.45, 2.75) is 45.7 Å². The van der Waals surface area contributed by atoms with Crippen LogP contribution in [-0.4, -0.2) is 30.9 Å². The second kappa shape index (κ2) is 8.13. The molecule has 1 amide bonds. The number of nitrogens with one attached hydrogen (secondary N) is 1. The molecule has 2 unspecified atom stereocenters. The molecule has 1 rings (SSSR count). The summed E-state index contributed by atoms with van der Waals surface area (Å²) in [6, 6.07) is 6.32. The fraction of sp³-hybridized carbons (Fsp3) is 0.588. The third-order valence-corrected chi connectivity index (χ3v) is 3.51. The third-order valence-electron chi connectivity index (χ3n) is 3.51. The molecular weight excluding hydrogens is 267 g/mol. The van der Waals surface area contributed by atoms with E-state index in [9.17, 15) is 9.18 Å². The van der Waals surface area contributed by atoms with E-state index in [1.807, 2.05) is 13.0 Å². The van der Waals surface area contributed by atoms with Crippen molar-refractivity contribution in [3.63, 3.8) is 0 Å². The van der Waals surface area contributed by atoms with Crippen LogP contribution in [0.4, 0.5) is 4.39 Å². The monoisotopic (exact) mass is 294 g/mol. The highest BCUT2D eigenvalue weighted by molar-refractivity contribution is 5.81. The van der Waals surface area contributed by atoms with E-state index in [0.29, 0.717) is 5.92 Å². The number of halogens is 1. The molecule has 1 aromatic rings. The summed E-state index contributed by atoms with van der Waals surface area (Å²) in [4.78, 5) is 13.9. The summed E-state index contributed by atoms with van der Waals surface area (Å²) in [6.07, 6.45) is 1.57. The highest BCUT2D eigenvalue weighted by atomic mass is 19.1. The van der Waals surface area contributed by atoms with Crippen LogP contribution < -0.4 is 5.32 Å². The van der Waals surface area contributed by atoms with E-state index in [-0.39, 0.29) is 23.8 Å². The molecule has 118 valence electrons. The van der Waals surface area contributed by atoms with Crippen molar-refractivity contribution in [1.82, 2.24) is 10.2 Å². The van der Waals surface area contributed by atoms with Crippen LogP contribution >= 0.6 is 0 Å². The fourth-order valence-corrected chi connectivity index (χ4v) is 2.44. The summed E-state index contributed by atoms with van der Waals surface area (Å²) in [5, 5.41) is 3.40. The van der Waals surface area contributed by atoms with Gasteiger partial charge in [-0.15, -0.1) is 0 Å². The highest BCUT2D eigenvalue weighted by Crippen LogP contribution is 2.20. The molecule has 3 nitrogen and oxygen atoms in total. The Labute approximate surface area is 127 Å². The Morgan fingerprint density at radius 1 is 1.33 bits per heavy atom. The van der Waals surface area contributed by atoms with Gasteiger partial charge in [0.2, 0.25) is 5.91 Å². The molecule has 0 saturated carbocycles. The van der Waals surface area contributed by atoms with Gasteiger partial charge in [0, 0.05) is 20.1 Å². The number of hydrogen-bond donors (Lipinski definition) is 1. The molecule has 0 fully saturated rings. The van der Waals surface area contributed by atoms with Gasteiger partial charge in [-0.2, -0.15) is 0 Å². The van der Waals surface area contributed by atoms with Gasteiger partial charge in [0.05, 0.1) is 6.04 Å². The number of hydrogen-bond acceptors (Lipinski definition) is 2. The van der Waals surface area contributed by atoms with Crippen LogP contribution in [0.3, 0.4) is 0 Å². The van der Waals surface area contributed by atoms with E-state index >= 15 is 0 Å². The van der Waals surface area contributed by atoms with E-state index in [1.54, 1.807) is 25.1 Å². The van der Waals surface area contributed by atoms with Gasteiger partial charge in [0.15, 0.2) is 0 Å². The topological polar surface area (TPSA) is 32.3 Å². The van der Waals surface area contributed by atoms with Crippen LogP contribution in [0.1, 0.15) is 45.2 Å². The fourth-order valence-electron chi connectivity index (χ4n) is 2.44. The number of benzene rings is 1. The number of nitrogens with zero attached hydrogens (tertiary/aromatic N) is 1. The first-order valence-corrected chi connectivity index (χ1v) is 7.57. The first kappa shape index (κ1) is 17.6. The van der Waals surface area contributed by atoms with E-state index in [2.05, 4.69) is 19.2 Å². The summed E-state index contributed by atoms with van der Waals surface area (Å²) in [5.41, 5.74) is 0.887. The van der Waals surface area contributed by atoms with Gasteiger partial charge in [-0.25, -0.2) is 4.39 Å². The molecule has 0 heterocycles. The van der Waals surface area contributed by atoms with Crippen molar-refractivity contribution < 1.29 is 9.18 Å². The molecule has 0 aliphatic rings. The summed E-state index contributed by atoms with van der Waals surface area (Å²) < 4.78 is 13.4. The van der Waals surface area contributed by atoms with E-state index < -0.39 is 0 Å². The van der Waals surface area contributed by atoms with Crippen molar-refractivity contribution in [2.75, 3.05) is 14.1 Å². The standard InChI is InChI=1S/C17H27FN2O/c1-6-15(13-8-7-9-14(18)11-13)19-16(10-12(2)3)17(21)20(4)5/h7-9,11-12,15-16,19H,6,10H2,1-5H3. The molecule has 0 saturated heterocycles. The number of carbonyl (C=O) groups excluding carboxylic acids is 1. The summed E-state index contributed by atoms with van der Waals surface area (Å²) in [7, 11) is 3.53. The van der Waals surface area contributed by atoms with Gasteiger partial charge in [0.25, 0.3) is 0 Å². The lowest BCUT2D eigenvalue weighted by atomic mass is 9.98. The smallest absolute Gasteiger partial charge is 0.239 e. The molecule has 0 bridgehead atoms. The molecule has 0 aliphatic carbocycles. The number of amides is 1. The Balaban J connectivity index is 2.90. The minimum atomic E-state index is -0.243. The lowest BCUT2D eigenvalue weighted by molar-refractivity contribution is -0.131. The zero-order valence-corrected chi connectivity index (χ0v) is 13.7. The van der Waals surface area contributed by atoms with Crippen molar-refractivity contribution >= 4 is 5.91 Å². The third kappa shape index (κ3) is 5.46. The highest BCUT2D eigenvalue weighted by Gasteiger charge is 2.24. The predicted molar refractivity (Wildman–Crippen MR) is 84.5 cm³/mol. The quantitative estimate of drug-likeness (QED) is 0.836. The lowest BCUT2D eigenvalue weighted by Gasteiger charge is -2.28. The van der Waals surface area contributed by atoms with Gasteiger partial charge in [-0.1, -0.05) is 32.9 Å². The van der Waals surface area contributed by atoms with Crippen LogP contribution in [-0.2, 0) is 4.79 Å². The van der Waals surface area contributed by atoms with Gasteiger partial charge in [-0.3, -0.25) is 10.1 Å². The second-order valence-corrected chi connectivity index (χ2v) is 6.10. The Bertz CT molecular complexity index is 460. The van der Waals surface area contributed by atoms with Gasteiger partial charge >= 0.3 is 0 Å². The minimum absolute atomic E-state index is 0.0200. The SMILES string of the molecule is CCC(NC(CC(C)C)C(=O)N(C)C)c1cccc(F)c1. The zero-order valence-electron chi connectivity index (χ0n) is 13.7. The predicted octanol–water partition coefficient (Wildman–Crippen LogP) is 3.37. The Hall–Kier alpha value is -1.42. The molecule has 0 aromatic heterocycles. The molecule has 0 spiro atoms. The Morgan fingerprint density at radius 3 is 2.48 bits per heavy atom. The maximum atomic E-state index is 13.4. The van der Waals surface area contributed by atoms with Gasteiger partial charge in [0.1, 0.15) is 5.82 Å². The van der Waals surface area contributed by atoms with Gasteiger partial charge in [-0.05, 0) is 36.5 Å². The van der Waals surface area contributed by atoms with Crippen LogP contribution in [0.5, 0.6) is 0 Å². The number of carbonyl (C=O) groups is 1. The minimum Gasteiger partial charge on any atom is -0.347 e. The average molecular weight is 294 g/mol. The van der Waals surface area contributed by atoms with Crippen LogP contribution in [0, 0.1) is 11.7 Å². The summed E-state index contributed by atoms with van der Waals surface area (Å²) in [5.74, 6) is 0.238. The zero-order chi connectivity index (χ0) is 16.0. The molecule has 4 heteroatoms. The van der Waals surface area contributed by atoms with E-state index in [1.165, 1.54) is 12.1 Å². The molecular formula is C17H27FN2O. The maximum Gasteiger partial charge on any atom is 0.239 e. The Kier molecular flexibility index (Phi) is 6.82. The summed E-state index contributed by atoms with van der Waals surface area (Å²) in [6.45, 7) is 6.23. The molecule has 1 N–H and O–H groups in total. The molecule has 0 aliphatic heterocycles. The van der Waals surface area contributed by atoms with Crippen molar-refractivity contribution in [1.29, 1.82) is 0 Å². The van der Waals surface area contributed by atoms with Crippen LogP contribution in [0.25, 0.3) is 0 Å². The number of rotatable bonds is 7. The van der Waals surface area contributed by atoms with Crippen molar-refractivity contribution in [3.05, 3.63) is 35.6 Å². The van der Waals surface area contributed by atoms with E-state index in [0.717, 1.165) is 18.4 Å². The average Bonchev–Trinajstić information content (AvgIpc) is 2.41. The normalized spacial score (nSPS) is 14.0. The molecule has 0 radical (unpaired) electrons. The maximum absolute atomic E-state index is 13.4. The second-order valence-electron chi connectivity index (χ2n) is 6.10. The molecule has 1 aromatic carbocycles. The lowest BCUT2D eigenvalue weighted by Crippen LogP contribution is -2.45. The first-order valence-electron chi connectivity index (χ1n) is 7.57. The van der Waals surface area contributed by atoms with Crippen molar-refractivity contribution in [2.24, 2.45) is 5.92 Å². The van der Waals surface area contributed by atoms with Gasteiger partial charge < -0.3 is 4.90 Å². The molecule has 2 atom stereocenters. The number of likely N-dealkylation sites (N-methyl/N-ethyl adjacent to an activating group) is 1. The first-order chi connectivity index (χ1) is 9.85. The van der Waals surface area contributed by atoms with Crippen LogP contribution in [0.2, 0.25) is 0 Å². The molecule has 21 heavy (non-hydrogen) atoms. The van der Waals surface area contributed by atoms with E-state index in [4.69, 9.17) is 0 Å². The van der Waals surface area contributed by atoms with Crippen molar-refractivity contribution in [3.8, 4) is 0 Å². The largest absolute Gasteiger partial charge is 0.347 e.